The summed E-state index contributed by atoms with van der Waals surface area (Å²) in [6.45, 7) is 2.40. The van der Waals surface area contributed by atoms with E-state index in [2.05, 4.69) is 14.9 Å². The standard InChI is InChI=1S/C15H17N3O3/c1-21-9-10-6-7-18(8-10)14-11-4-2-3-5-12(11)16-13(17-14)15(19)20/h2-5,10H,6-9H2,1H3,(H,19,20). The number of carbonyl (C=O) groups is 1. The third kappa shape index (κ3) is 2.67. The number of rotatable bonds is 4. The second kappa shape index (κ2) is 5.65. The van der Waals surface area contributed by atoms with Crippen LogP contribution in [0.3, 0.4) is 0 Å². The van der Waals surface area contributed by atoms with Gasteiger partial charge in [0.1, 0.15) is 5.82 Å². The number of carboxylic acids is 1. The molecule has 1 saturated heterocycles. The number of benzene rings is 1. The van der Waals surface area contributed by atoms with Crippen LogP contribution in [0.2, 0.25) is 0 Å². The molecule has 6 heteroatoms. The van der Waals surface area contributed by atoms with E-state index in [1.165, 1.54) is 0 Å². The Labute approximate surface area is 122 Å². The molecule has 1 aliphatic heterocycles. The number of hydrogen-bond donors (Lipinski definition) is 1. The predicted octanol–water partition coefficient (Wildman–Crippen LogP) is 1.80. The van der Waals surface area contributed by atoms with E-state index in [4.69, 9.17) is 4.74 Å². The third-order valence-corrected chi connectivity index (χ3v) is 3.76. The van der Waals surface area contributed by atoms with E-state index in [0.29, 0.717) is 23.9 Å². The van der Waals surface area contributed by atoms with Crippen molar-refractivity contribution in [3.63, 3.8) is 0 Å². The van der Waals surface area contributed by atoms with E-state index in [0.717, 1.165) is 24.9 Å². The fourth-order valence-corrected chi connectivity index (χ4v) is 2.79. The lowest BCUT2D eigenvalue weighted by Gasteiger charge is -2.19. The fraction of sp³-hybridized carbons (Fsp3) is 0.400. The molecule has 21 heavy (non-hydrogen) atoms. The number of aromatic carboxylic acids is 1. The Balaban J connectivity index is 2.02. The molecule has 1 aromatic carbocycles. The zero-order chi connectivity index (χ0) is 14.8. The van der Waals surface area contributed by atoms with E-state index in [1.54, 1.807) is 7.11 Å². The molecule has 1 unspecified atom stereocenters. The molecule has 2 heterocycles. The topological polar surface area (TPSA) is 75.5 Å². The van der Waals surface area contributed by atoms with Crippen molar-refractivity contribution in [3.8, 4) is 0 Å². The molecule has 1 atom stereocenters. The van der Waals surface area contributed by atoms with Gasteiger partial charge in [-0.15, -0.1) is 0 Å². The van der Waals surface area contributed by atoms with Crippen LogP contribution >= 0.6 is 0 Å². The summed E-state index contributed by atoms with van der Waals surface area (Å²) in [7, 11) is 1.70. The van der Waals surface area contributed by atoms with Crippen LogP contribution in [0.1, 0.15) is 17.0 Å². The molecule has 0 aliphatic carbocycles. The Morgan fingerprint density at radius 2 is 2.24 bits per heavy atom. The van der Waals surface area contributed by atoms with E-state index in [-0.39, 0.29) is 5.82 Å². The number of ether oxygens (including phenoxy) is 1. The van der Waals surface area contributed by atoms with Gasteiger partial charge in [-0.25, -0.2) is 14.8 Å². The summed E-state index contributed by atoms with van der Waals surface area (Å²) in [6.07, 6.45) is 1.02. The van der Waals surface area contributed by atoms with Gasteiger partial charge < -0.3 is 14.7 Å². The van der Waals surface area contributed by atoms with Crippen molar-refractivity contribution in [3.05, 3.63) is 30.1 Å². The van der Waals surface area contributed by atoms with Crippen molar-refractivity contribution < 1.29 is 14.6 Å². The summed E-state index contributed by atoms with van der Waals surface area (Å²) < 4.78 is 5.21. The minimum atomic E-state index is -1.10. The lowest BCUT2D eigenvalue weighted by molar-refractivity contribution is 0.0684. The van der Waals surface area contributed by atoms with Gasteiger partial charge >= 0.3 is 5.97 Å². The largest absolute Gasteiger partial charge is 0.475 e. The zero-order valence-corrected chi connectivity index (χ0v) is 11.8. The van der Waals surface area contributed by atoms with Gasteiger partial charge in [-0.2, -0.15) is 0 Å². The second-order valence-electron chi connectivity index (χ2n) is 5.25. The molecule has 1 aliphatic rings. The molecule has 0 radical (unpaired) electrons. The van der Waals surface area contributed by atoms with E-state index < -0.39 is 5.97 Å². The molecule has 3 rings (SSSR count). The van der Waals surface area contributed by atoms with Crippen LogP contribution < -0.4 is 4.90 Å². The van der Waals surface area contributed by atoms with Gasteiger partial charge in [-0.3, -0.25) is 0 Å². The van der Waals surface area contributed by atoms with Gasteiger partial charge in [0, 0.05) is 31.5 Å². The van der Waals surface area contributed by atoms with Crippen LogP contribution in [0, 0.1) is 5.92 Å². The molecular formula is C15H17N3O3. The zero-order valence-electron chi connectivity index (χ0n) is 11.8. The van der Waals surface area contributed by atoms with Gasteiger partial charge in [0.05, 0.1) is 12.1 Å². The fourth-order valence-electron chi connectivity index (χ4n) is 2.79. The lowest BCUT2D eigenvalue weighted by Crippen LogP contribution is -2.23. The highest BCUT2D eigenvalue weighted by Crippen LogP contribution is 2.28. The van der Waals surface area contributed by atoms with Crippen molar-refractivity contribution in [2.75, 3.05) is 31.7 Å². The monoisotopic (exact) mass is 287 g/mol. The number of methoxy groups -OCH3 is 1. The Morgan fingerprint density at radius 1 is 1.43 bits per heavy atom. The van der Waals surface area contributed by atoms with E-state index in [1.807, 2.05) is 24.3 Å². The highest BCUT2D eigenvalue weighted by molar-refractivity contribution is 5.93. The third-order valence-electron chi connectivity index (χ3n) is 3.76. The van der Waals surface area contributed by atoms with Crippen molar-refractivity contribution in [1.82, 2.24) is 9.97 Å². The minimum Gasteiger partial charge on any atom is -0.475 e. The molecule has 0 amide bonds. The number of fused-ring (bicyclic) bond motifs is 1. The second-order valence-corrected chi connectivity index (χ2v) is 5.25. The van der Waals surface area contributed by atoms with Crippen LogP contribution in [0.4, 0.5) is 5.82 Å². The normalized spacial score (nSPS) is 18.3. The quantitative estimate of drug-likeness (QED) is 0.924. The highest BCUT2D eigenvalue weighted by Gasteiger charge is 2.26. The molecule has 1 fully saturated rings. The van der Waals surface area contributed by atoms with Crippen LogP contribution in [-0.4, -0.2) is 47.8 Å². The van der Waals surface area contributed by atoms with Gasteiger partial charge in [0.2, 0.25) is 5.82 Å². The SMILES string of the molecule is COCC1CCN(c2nc(C(=O)O)nc3ccccc23)C1. The van der Waals surface area contributed by atoms with E-state index in [9.17, 15) is 9.90 Å². The molecule has 0 bridgehead atoms. The van der Waals surface area contributed by atoms with Crippen LogP contribution in [0.25, 0.3) is 10.9 Å². The van der Waals surface area contributed by atoms with Gasteiger partial charge in [-0.1, -0.05) is 12.1 Å². The summed E-state index contributed by atoms with van der Waals surface area (Å²) >= 11 is 0. The number of hydrogen-bond acceptors (Lipinski definition) is 5. The highest BCUT2D eigenvalue weighted by atomic mass is 16.5. The molecule has 110 valence electrons. The first kappa shape index (κ1) is 13.8. The van der Waals surface area contributed by atoms with Crippen molar-refractivity contribution in [2.45, 2.75) is 6.42 Å². The number of nitrogens with zero attached hydrogens (tertiary/aromatic N) is 3. The molecule has 6 nitrogen and oxygen atoms in total. The summed E-state index contributed by atoms with van der Waals surface area (Å²) in [4.78, 5) is 21.7. The first-order valence-electron chi connectivity index (χ1n) is 6.93. The number of anilines is 1. The van der Waals surface area contributed by atoms with E-state index >= 15 is 0 Å². The van der Waals surface area contributed by atoms with Crippen LogP contribution in [0.5, 0.6) is 0 Å². The number of para-hydroxylation sites is 1. The molecule has 0 spiro atoms. The summed E-state index contributed by atoms with van der Waals surface area (Å²) in [5.41, 5.74) is 0.662. The smallest absolute Gasteiger partial charge is 0.374 e. The van der Waals surface area contributed by atoms with Crippen LogP contribution in [0.15, 0.2) is 24.3 Å². The Morgan fingerprint density at radius 3 is 3.00 bits per heavy atom. The van der Waals surface area contributed by atoms with Gasteiger partial charge in [0.25, 0.3) is 0 Å². The van der Waals surface area contributed by atoms with Gasteiger partial charge in [0.15, 0.2) is 0 Å². The van der Waals surface area contributed by atoms with Crippen molar-refractivity contribution >= 4 is 22.7 Å². The summed E-state index contributed by atoms with van der Waals surface area (Å²) in [5.74, 6) is -0.0952. The number of aromatic nitrogens is 2. The Hall–Kier alpha value is -2.21. The van der Waals surface area contributed by atoms with Crippen molar-refractivity contribution in [1.29, 1.82) is 0 Å². The molecule has 2 aromatic rings. The molecule has 1 aromatic heterocycles. The molecule has 1 N–H and O–H groups in total. The summed E-state index contributed by atoms with van der Waals surface area (Å²) in [5, 5.41) is 10.1. The maximum absolute atomic E-state index is 11.2. The molecular weight excluding hydrogens is 270 g/mol. The first-order chi connectivity index (χ1) is 10.2. The average Bonchev–Trinajstić information content (AvgIpc) is 2.95. The predicted molar refractivity (Wildman–Crippen MR) is 78.7 cm³/mol. The van der Waals surface area contributed by atoms with Crippen LogP contribution in [-0.2, 0) is 4.74 Å². The minimum absolute atomic E-state index is 0.154. The Kier molecular flexibility index (Phi) is 3.70. The first-order valence-corrected chi connectivity index (χ1v) is 6.93. The lowest BCUT2D eigenvalue weighted by atomic mass is 10.1. The number of carboxylic acid groups (broad SMARTS) is 1. The maximum atomic E-state index is 11.2. The average molecular weight is 287 g/mol. The summed E-state index contributed by atoms with van der Waals surface area (Å²) in [6, 6.07) is 7.51. The van der Waals surface area contributed by atoms with Crippen molar-refractivity contribution in [2.24, 2.45) is 5.92 Å². The molecule has 0 saturated carbocycles. The van der Waals surface area contributed by atoms with Gasteiger partial charge in [-0.05, 0) is 18.6 Å². The Bertz CT molecular complexity index is 674. The maximum Gasteiger partial charge on any atom is 0.374 e.